The number of rotatable bonds is 3. The molecule has 2 bridgehead atoms. The summed E-state index contributed by atoms with van der Waals surface area (Å²) in [6, 6.07) is 0. The highest BCUT2D eigenvalue weighted by atomic mass is 16.4. The minimum absolute atomic E-state index is 0.164. The van der Waals surface area contributed by atoms with Crippen LogP contribution in [-0.2, 0) is 9.59 Å². The third kappa shape index (κ3) is 1.52. The molecule has 1 aliphatic heterocycles. The molecule has 4 heteroatoms. The number of nitrogens with zero attached hydrogens (tertiary/aromatic N) is 1. The van der Waals surface area contributed by atoms with E-state index in [9.17, 15) is 9.59 Å². The number of hydrogen-bond acceptors (Lipinski definition) is 2. The molecule has 0 aromatic carbocycles. The molecule has 4 nitrogen and oxygen atoms in total. The standard InChI is InChI=1S/C15H21NO3/c1-7(15(18)19)10-5-16(6-10)14(17)13-11-8-2-3-9(4-8)12(11)13/h7-13H,2-6H2,1H3,(H,18,19). The smallest absolute Gasteiger partial charge is 0.306 e. The molecular formula is C15H21NO3. The number of aliphatic carboxylic acids is 1. The predicted octanol–water partition coefficient (Wildman–Crippen LogP) is 1.46. The molecule has 4 aliphatic rings. The fraction of sp³-hybridized carbons (Fsp3) is 0.867. The molecule has 0 aromatic heterocycles. The highest BCUT2D eigenvalue weighted by Crippen LogP contribution is 2.69. The first-order chi connectivity index (χ1) is 9.08. The van der Waals surface area contributed by atoms with Gasteiger partial charge >= 0.3 is 5.97 Å². The number of likely N-dealkylation sites (tertiary alicyclic amines) is 1. The van der Waals surface area contributed by atoms with Crippen molar-refractivity contribution in [2.45, 2.75) is 26.2 Å². The van der Waals surface area contributed by atoms with Crippen LogP contribution in [0.4, 0.5) is 0 Å². The zero-order valence-corrected chi connectivity index (χ0v) is 11.3. The van der Waals surface area contributed by atoms with E-state index in [2.05, 4.69) is 0 Å². The van der Waals surface area contributed by atoms with Crippen molar-refractivity contribution in [1.29, 1.82) is 0 Å². The number of carboxylic acids is 1. The van der Waals surface area contributed by atoms with Crippen LogP contribution >= 0.6 is 0 Å². The minimum atomic E-state index is -0.738. The van der Waals surface area contributed by atoms with Crippen LogP contribution in [0, 0.1) is 41.4 Å². The van der Waals surface area contributed by atoms with Gasteiger partial charge in [0.05, 0.1) is 5.92 Å². The van der Waals surface area contributed by atoms with E-state index in [1.807, 2.05) is 4.90 Å². The van der Waals surface area contributed by atoms with E-state index in [4.69, 9.17) is 5.11 Å². The van der Waals surface area contributed by atoms with Crippen LogP contribution in [0.5, 0.6) is 0 Å². The Bertz CT molecular complexity index is 427. The van der Waals surface area contributed by atoms with Gasteiger partial charge < -0.3 is 10.0 Å². The second kappa shape index (κ2) is 3.74. The van der Waals surface area contributed by atoms with Gasteiger partial charge in [-0.15, -0.1) is 0 Å². The van der Waals surface area contributed by atoms with Gasteiger partial charge in [0.15, 0.2) is 0 Å². The molecule has 0 aromatic rings. The Morgan fingerprint density at radius 1 is 1.16 bits per heavy atom. The van der Waals surface area contributed by atoms with Crippen LogP contribution in [0.15, 0.2) is 0 Å². The molecule has 5 unspecified atom stereocenters. The maximum Gasteiger partial charge on any atom is 0.306 e. The van der Waals surface area contributed by atoms with Gasteiger partial charge in [0.25, 0.3) is 0 Å². The second-order valence-corrected chi connectivity index (χ2v) is 7.14. The zero-order valence-electron chi connectivity index (χ0n) is 11.3. The average Bonchev–Trinajstić information content (AvgIpc) is 2.76. The number of hydrogen-bond donors (Lipinski definition) is 1. The van der Waals surface area contributed by atoms with Gasteiger partial charge in [-0.1, -0.05) is 6.92 Å². The van der Waals surface area contributed by atoms with E-state index in [0.717, 1.165) is 11.8 Å². The molecule has 0 radical (unpaired) electrons. The van der Waals surface area contributed by atoms with E-state index < -0.39 is 5.97 Å². The van der Waals surface area contributed by atoms with Gasteiger partial charge in [-0.3, -0.25) is 9.59 Å². The molecule has 3 saturated carbocycles. The fourth-order valence-corrected chi connectivity index (χ4v) is 5.08. The lowest BCUT2D eigenvalue weighted by Gasteiger charge is -2.41. The summed E-state index contributed by atoms with van der Waals surface area (Å²) in [4.78, 5) is 25.3. The topological polar surface area (TPSA) is 57.6 Å². The minimum Gasteiger partial charge on any atom is -0.481 e. The molecule has 1 N–H and O–H groups in total. The zero-order chi connectivity index (χ0) is 13.3. The van der Waals surface area contributed by atoms with Crippen LogP contribution in [0.1, 0.15) is 26.2 Å². The molecule has 1 saturated heterocycles. The van der Waals surface area contributed by atoms with E-state index in [0.29, 0.717) is 36.8 Å². The molecule has 1 heterocycles. The summed E-state index contributed by atoms with van der Waals surface area (Å²) in [6.07, 6.45) is 4.06. The SMILES string of the molecule is CC(C(=O)O)C1CN(C(=O)C2C3C4CCC(C4)C23)C1. The van der Waals surface area contributed by atoms with Crippen molar-refractivity contribution in [2.75, 3.05) is 13.1 Å². The summed E-state index contributed by atoms with van der Waals surface area (Å²) < 4.78 is 0. The van der Waals surface area contributed by atoms with Gasteiger partial charge in [0.2, 0.25) is 5.91 Å². The monoisotopic (exact) mass is 263 g/mol. The van der Waals surface area contributed by atoms with Crippen molar-refractivity contribution < 1.29 is 14.7 Å². The third-order valence-electron chi connectivity index (χ3n) is 6.34. The molecule has 5 atom stereocenters. The maximum absolute atomic E-state index is 12.4. The summed E-state index contributed by atoms with van der Waals surface area (Å²) in [5.41, 5.74) is 0. The lowest BCUT2D eigenvalue weighted by Crippen LogP contribution is -2.54. The first kappa shape index (κ1) is 11.7. The Balaban J connectivity index is 1.34. The molecule has 3 aliphatic carbocycles. The van der Waals surface area contributed by atoms with Crippen molar-refractivity contribution in [3.8, 4) is 0 Å². The number of carbonyl (C=O) groups excluding carboxylic acids is 1. The molecule has 4 fully saturated rings. The van der Waals surface area contributed by atoms with Gasteiger partial charge in [-0.05, 0) is 42.9 Å². The Morgan fingerprint density at radius 3 is 2.26 bits per heavy atom. The normalized spacial score (nSPS) is 44.7. The molecule has 104 valence electrons. The van der Waals surface area contributed by atoms with Crippen molar-refractivity contribution in [1.82, 2.24) is 4.90 Å². The summed E-state index contributed by atoms with van der Waals surface area (Å²) in [5, 5.41) is 8.97. The summed E-state index contributed by atoms with van der Waals surface area (Å²) in [7, 11) is 0. The van der Waals surface area contributed by atoms with Gasteiger partial charge in [-0.2, -0.15) is 0 Å². The summed E-state index contributed by atoms with van der Waals surface area (Å²) in [6.45, 7) is 3.08. The van der Waals surface area contributed by atoms with E-state index in [-0.39, 0.29) is 11.8 Å². The third-order valence-corrected chi connectivity index (χ3v) is 6.34. The Hall–Kier alpha value is -1.06. The van der Waals surface area contributed by atoms with Crippen LogP contribution in [-0.4, -0.2) is 35.0 Å². The van der Waals surface area contributed by atoms with Crippen LogP contribution in [0.2, 0.25) is 0 Å². The molecule has 0 spiro atoms. The number of amides is 1. The number of carboxylic acid groups (broad SMARTS) is 1. The average molecular weight is 263 g/mol. The largest absolute Gasteiger partial charge is 0.481 e. The predicted molar refractivity (Wildman–Crippen MR) is 68.2 cm³/mol. The van der Waals surface area contributed by atoms with Gasteiger partial charge in [0.1, 0.15) is 0 Å². The number of carbonyl (C=O) groups is 2. The molecule has 19 heavy (non-hydrogen) atoms. The first-order valence-electron chi connectivity index (χ1n) is 7.59. The maximum atomic E-state index is 12.4. The van der Waals surface area contributed by atoms with Crippen molar-refractivity contribution in [3.05, 3.63) is 0 Å². The van der Waals surface area contributed by atoms with Gasteiger partial charge in [0, 0.05) is 24.9 Å². The quantitative estimate of drug-likeness (QED) is 0.838. The van der Waals surface area contributed by atoms with Crippen molar-refractivity contribution in [3.63, 3.8) is 0 Å². The summed E-state index contributed by atoms with van der Waals surface area (Å²) in [5.74, 6) is 2.81. The molecular weight excluding hydrogens is 242 g/mol. The number of fused-ring (bicyclic) bond motifs is 5. The Morgan fingerprint density at radius 2 is 1.74 bits per heavy atom. The summed E-state index contributed by atoms with van der Waals surface area (Å²) >= 11 is 0. The van der Waals surface area contributed by atoms with Gasteiger partial charge in [-0.25, -0.2) is 0 Å². The van der Waals surface area contributed by atoms with Crippen molar-refractivity contribution in [2.24, 2.45) is 41.4 Å². The first-order valence-corrected chi connectivity index (χ1v) is 7.59. The van der Waals surface area contributed by atoms with Crippen molar-refractivity contribution >= 4 is 11.9 Å². The fourth-order valence-electron chi connectivity index (χ4n) is 5.08. The van der Waals surface area contributed by atoms with E-state index in [1.54, 1.807) is 6.92 Å². The Kier molecular flexibility index (Phi) is 2.31. The molecule has 1 amide bonds. The highest BCUT2D eigenvalue weighted by Gasteiger charge is 2.68. The second-order valence-electron chi connectivity index (χ2n) is 7.14. The Labute approximate surface area is 113 Å². The lowest BCUT2D eigenvalue weighted by atomic mass is 9.86. The molecule has 4 rings (SSSR count). The lowest BCUT2D eigenvalue weighted by molar-refractivity contribution is -0.151. The van der Waals surface area contributed by atoms with E-state index >= 15 is 0 Å². The van der Waals surface area contributed by atoms with E-state index in [1.165, 1.54) is 19.3 Å². The highest BCUT2D eigenvalue weighted by molar-refractivity contribution is 5.84. The van der Waals surface area contributed by atoms with Crippen LogP contribution in [0.3, 0.4) is 0 Å². The van der Waals surface area contributed by atoms with Crippen LogP contribution < -0.4 is 0 Å². The van der Waals surface area contributed by atoms with Crippen LogP contribution in [0.25, 0.3) is 0 Å².